The number of furan rings is 1. The molecule has 1 aliphatic rings. The SMILES string of the molecule is COc1ccc(-c2[nH]nc3c2[C@H](c2ccc(OC(=O)c4ccco4)cc2)C(C#N)=C(N)O3)cc1OC. The number of ether oxygens (including phenoxy) is 4. The number of rotatable bonds is 6. The zero-order valence-corrected chi connectivity index (χ0v) is 19.3. The normalized spacial score (nSPS) is 14.4. The maximum atomic E-state index is 12.2. The molecule has 0 fully saturated rings. The Hall–Kier alpha value is -5.17. The standard InChI is InChI=1S/C26H20N4O6/c1-32-18-10-7-15(12-20(18)33-2)23-22-21(17(13-27)24(28)36-25(22)30-29-23)14-5-8-16(9-6-14)35-26(31)19-4-3-11-34-19/h3-12,21H,28H2,1-2H3,(H,29,30)/t21-/m1/s1. The minimum atomic E-state index is -0.617. The summed E-state index contributed by atoms with van der Waals surface area (Å²) in [5.41, 5.74) is 9.04. The van der Waals surface area contributed by atoms with E-state index in [1.165, 1.54) is 12.3 Å². The van der Waals surface area contributed by atoms with Crippen LogP contribution in [0, 0.1) is 11.3 Å². The highest BCUT2D eigenvalue weighted by molar-refractivity contribution is 5.88. The first-order chi connectivity index (χ1) is 17.5. The Morgan fingerprint density at radius 3 is 2.56 bits per heavy atom. The zero-order valence-electron chi connectivity index (χ0n) is 19.3. The predicted molar refractivity (Wildman–Crippen MR) is 127 cm³/mol. The van der Waals surface area contributed by atoms with Gasteiger partial charge in [-0.15, -0.1) is 5.10 Å². The molecule has 5 rings (SSSR count). The van der Waals surface area contributed by atoms with Gasteiger partial charge < -0.3 is 29.1 Å². The lowest BCUT2D eigenvalue weighted by molar-refractivity contribution is 0.0701. The van der Waals surface area contributed by atoms with Crippen molar-refractivity contribution in [3.8, 4) is 40.5 Å². The van der Waals surface area contributed by atoms with E-state index >= 15 is 0 Å². The molecule has 36 heavy (non-hydrogen) atoms. The summed E-state index contributed by atoms with van der Waals surface area (Å²) in [6, 6.07) is 17.5. The topological polar surface area (TPSA) is 146 Å². The van der Waals surface area contributed by atoms with Gasteiger partial charge in [-0.3, -0.25) is 5.10 Å². The number of methoxy groups -OCH3 is 2. The first-order valence-electron chi connectivity index (χ1n) is 10.8. The lowest BCUT2D eigenvalue weighted by Crippen LogP contribution is -2.21. The number of nitrogens with zero attached hydrogens (tertiary/aromatic N) is 2. The summed E-state index contributed by atoms with van der Waals surface area (Å²) in [6.45, 7) is 0. The van der Waals surface area contributed by atoms with Gasteiger partial charge in [0.2, 0.25) is 17.5 Å². The summed E-state index contributed by atoms with van der Waals surface area (Å²) in [7, 11) is 3.11. The quantitative estimate of drug-likeness (QED) is 0.305. The molecule has 3 N–H and O–H groups in total. The summed E-state index contributed by atoms with van der Waals surface area (Å²) in [4.78, 5) is 12.2. The molecule has 0 saturated heterocycles. The highest BCUT2D eigenvalue weighted by Crippen LogP contribution is 2.46. The third kappa shape index (κ3) is 3.88. The van der Waals surface area contributed by atoms with E-state index in [-0.39, 0.29) is 23.1 Å². The van der Waals surface area contributed by atoms with Crippen molar-refractivity contribution in [1.82, 2.24) is 10.2 Å². The Bertz CT molecular complexity index is 1500. The summed E-state index contributed by atoms with van der Waals surface area (Å²) in [5, 5.41) is 17.2. The molecule has 0 aliphatic carbocycles. The molecule has 0 amide bonds. The highest BCUT2D eigenvalue weighted by Gasteiger charge is 2.35. The van der Waals surface area contributed by atoms with Gasteiger partial charge in [-0.2, -0.15) is 5.26 Å². The fraction of sp³-hybridized carbons (Fsp3) is 0.115. The van der Waals surface area contributed by atoms with Crippen LogP contribution in [0.5, 0.6) is 23.1 Å². The van der Waals surface area contributed by atoms with Crippen LogP contribution in [0.2, 0.25) is 0 Å². The van der Waals surface area contributed by atoms with Gasteiger partial charge in [-0.05, 0) is 48.0 Å². The minimum absolute atomic E-state index is 0.0336. The van der Waals surface area contributed by atoms with E-state index in [9.17, 15) is 10.1 Å². The Balaban J connectivity index is 1.55. The Kier molecular flexibility index (Phi) is 5.80. The van der Waals surface area contributed by atoms with E-state index < -0.39 is 11.9 Å². The first kappa shape index (κ1) is 22.6. The summed E-state index contributed by atoms with van der Waals surface area (Å²) < 4.78 is 26.9. The van der Waals surface area contributed by atoms with E-state index in [2.05, 4.69) is 16.3 Å². The second kappa shape index (κ2) is 9.23. The van der Waals surface area contributed by atoms with Gasteiger partial charge in [0.15, 0.2) is 11.5 Å². The number of esters is 1. The number of benzene rings is 2. The van der Waals surface area contributed by atoms with Gasteiger partial charge in [-0.25, -0.2) is 4.79 Å². The number of carbonyl (C=O) groups is 1. The average Bonchev–Trinajstić information content (AvgIpc) is 3.58. The number of allylic oxidation sites excluding steroid dienone is 1. The number of aromatic nitrogens is 2. The summed E-state index contributed by atoms with van der Waals surface area (Å²) in [6.07, 6.45) is 1.39. The molecule has 3 heterocycles. The van der Waals surface area contributed by atoms with Crippen LogP contribution in [0.3, 0.4) is 0 Å². The molecule has 2 aromatic heterocycles. The molecular weight excluding hydrogens is 464 g/mol. The number of hydrogen-bond donors (Lipinski definition) is 2. The van der Waals surface area contributed by atoms with Crippen molar-refractivity contribution in [2.45, 2.75) is 5.92 Å². The lowest BCUT2D eigenvalue weighted by atomic mass is 9.83. The fourth-order valence-electron chi connectivity index (χ4n) is 4.07. The monoisotopic (exact) mass is 484 g/mol. The molecule has 4 aromatic rings. The maximum Gasteiger partial charge on any atom is 0.379 e. The van der Waals surface area contributed by atoms with Crippen molar-refractivity contribution in [3.63, 3.8) is 0 Å². The Morgan fingerprint density at radius 1 is 1.11 bits per heavy atom. The van der Waals surface area contributed by atoms with Crippen LogP contribution in [0.1, 0.15) is 27.6 Å². The Morgan fingerprint density at radius 2 is 1.89 bits per heavy atom. The molecule has 10 heteroatoms. The second-order valence-electron chi connectivity index (χ2n) is 7.75. The van der Waals surface area contributed by atoms with Crippen molar-refractivity contribution in [3.05, 3.63) is 89.2 Å². The molecule has 0 spiro atoms. The number of H-pyrrole nitrogens is 1. The van der Waals surface area contributed by atoms with E-state index in [0.717, 1.165) is 11.1 Å². The minimum Gasteiger partial charge on any atom is -0.493 e. The largest absolute Gasteiger partial charge is 0.493 e. The van der Waals surface area contributed by atoms with Gasteiger partial charge in [-0.1, -0.05) is 12.1 Å². The number of nitriles is 1. The van der Waals surface area contributed by atoms with E-state index in [1.807, 2.05) is 6.07 Å². The third-order valence-electron chi connectivity index (χ3n) is 5.76. The van der Waals surface area contributed by atoms with Crippen LogP contribution < -0.4 is 24.7 Å². The molecule has 2 aromatic carbocycles. The van der Waals surface area contributed by atoms with Crippen LogP contribution in [0.4, 0.5) is 0 Å². The molecule has 10 nitrogen and oxygen atoms in total. The second-order valence-corrected chi connectivity index (χ2v) is 7.75. The van der Waals surface area contributed by atoms with Crippen LogP contribution in [-0.4, -0.2) is 30.4 Å². The number of fused-ring (bicyclic) bond motifs is 1. The smallest absolute Gasteiger partial charge is 0.379 e. The van der Waals surface area contributed by atoms with Gasteiger partial charge in [0.05, 0.1) is 37.7 Å². The third-order valence-corrected chi connectivity index (χ3v) is 5.76. The van der Waals surface area contributed by atoms with Crippen LogP contribution in [-0.2, 0) is 0 Å². The van der Waals surface area contributed by atoms with Crippen molar-refractivity contribution >= 4 is 5.97 Å². The van der Waals surface area contributed by atoms with Crippen LogP contribution >= 0.6 is 0 Å². The molecule has 0 unspecified atom stereocenters. The van der Waals surface area contributed by atoms with E-state index in [0.29, 0.717) is 28.5 Å². The van der Waals surface area contributed by atoms with Crippen LogP contribution in [0.15, 0.2) is 76.7 Å². The molecule has 0 radical (unpaired) electrons. The zero-order chi connectivity index (χ0) is 25.2. The van der Waals surface area contributed by atoms with Crippen molar-refractivity contribution in [2.24, 2.45) is 5.73 Å². The molecule has 1 aliphatic heterocycles. The van der Waals surface area contributed by atoms with Crippen molar-refractivity contribution in [2.75, 3.05) is 14.2 Å². The number of carbonyl (C=O) groups excluding carboxylic acids is 1. The number of nitrogens with two attached hydrogens (primary N) is 1. The Labute approximate surface area is 205 Å². The molecule has 1 atom stereocenters. The van der Waals surface area contributed by atoms with Gasteiger partial charge in [0.1, 0.15) is 17.4 Å². The summed E-state index contributed by atoms with van der Waals surface area (Å²) in [5.74, 6) is 0.532. The average molecular weight is 484 g/mol. The molecule has 180 valence electrons. The van der Waals surface area contributed by atoms with Crippen LogP contribution in [0.25, 0.3) is 11.3 Å². The van der Waals surface area contributed by atoms with Crippen molar-refractivity contribution < 1.29 is 28.2 Å². The number of nitrogens with one attached hydrogen (secondary N) is 1. The summed E-state index contributed by atoms with van der Waals surface area (Å²) >= 11 is 0. The van der Waals surface area contributed by atoms with E-state index in [4.69, 9.17) is 29.1 Å². The predicted octanol–water partition coefficient (Wildman–Crippen LogP) is 4.12. The number of aromatic amines is 1. The van der Waals surface area contributed by atoms with E-state index in [1.54, 1.807) is 56.7 Å². The maximum absolute atomic E-state index is 12.2. The first-order valence-corrected chi connectivity index (χ1v) is 10.8. The van der Waals surface area contributed by atoms with Gasteiger partial charge in [0.25, 0.3) is 0 Å². The van der Waals surface area contributed by atoms with Gasteiger partial charge >= 0.3 is 5.97 Å². The lowest BCUT2D eigenvalue weighted by Gasteiger charge is -2.24. The highest BCUT2D eigenvalue weighted by atomic mass is 16.5. The van der Waals surface area contributed by atoms with Crippen molar-refractivity contribution in [1.29, 1.82) is 5.26 Å². The number of hydrogen-bond acceptors (Lipinski definition) is 9. The van der Waals surface area contributed by atoms with Gasteiger partial charge in [0, 0.05) is 5.56 Å². The molecular formula is C26H20N4O6. The molecule has 0 bridgehead atoms. The molecule has 0 saturated carbocycles. The fourth-order valence-corrected chi connectivity index (χ4v) is 4.07.